The highest BCUT2D eigenvalue weighted by molar-refractivity contribution is 7.22. The Kier molecular flexibility index (Phi) is 5.98. The quantitative estimate of drug-likeness (QED) is 0.653. The van der Waals surface area contributed by atoms with Gasteiger partial charge in [0.15, 0.2) is 10.8 Å². The summed E-state index contributed by atoms with van der Waals surface area (Å²) in [4.78, 5) is 45.5. The number of amides is 1. The summed E-state index contributed by atoms with van der Waals surface area (Å²) >= 11 is 1.31. The minimum absolute atomic E-state index is 0.197. The average molecular weight is 428 g/mol. The van der Waals surface area contributed by atoms with Crippen molar-refractivity contribution in [2.45, 2.75) is 45.7 Å². The Morgan fingerprint density at radius 2 is 1.83 bits per heavy atom. The number of rotatable bonds is 6. The van der Waals surface area contributed by atoms with Gasteiger partial charge in [0.05, 0.1) is 0 Å². The van der Waals surface area contributed by atoms with E-state index in [0.717, 1.165) is 31.1 Å². The molecule has 3 heterocycles. The molecule has 1 aromatic carbocycles. The Morgan fingerprint density at radius 1 is 1.10 bits per heavy atom. The molecular formula is C21H25N5O3S. The highest BCUT2D eigenvalue weighted by Crippen LogP contribution is 2.28. The number of thiazole rings is 1. The Labute approximate surface area is 177 Å². The third kappa shape index (κ3) is 4.02. The number of para-hydroxylation sites is 1. The summed E-state index contributed by atoms with van der Waals surface area (Å²) in [6.45, 7) is 3.81. The third-order valence-electron chi connectivity index (χ3n) is 5.19. The molecule has 0 spiro atoms. The molecule has 158 valence electrons. The Hall–Kier alpha value is -2.94. The predicted octanol–water partition coefficient (Wildman–Crippen LogP) is 2.66. The second-order valence-corrected chi connectivity index (χ2v) is 8.41. The minimum atomic E-state index is -0.493. The van der Waals surface area contributed by atoms with Crippen molar-refractivity contribution < 1.29 is 4.79 Å². The van der Waals surface area contributed by atoms with Crippen LogP contribution < -0.4 is 21.5 Å². The van der Waals surface area contributed by atoms with Crippen LogP contribution in [0.3, 0.4) is 0 Å². The average Bonchev–Trinajstić information content (AvgIpc) is 3.21. The topological polar surface area (TPSA) is 89.2 Å². The summed E-state index contributed by atoms with van der Waals surface area (Å²) in [7, 11) is 0. The highest BCUT2D eigenvalue weighted by Gasteiger charge is 2.22. The van der Waals surface area contributed by atoms with E-state index in [1.54, 1.807) is 12.1 Å². The first-order valence-corrected chi connectivity index (χ1v) is 11.1. The normalized spacial score (nSPS) is 14.2. The maximum absolute atomic E-state index is 13.1. The summed E-state index contributed by atoms with van der Waals surface area (Å²) in [5.74, 6) is -0.334. The van der Waals surface area contributed by atoms with E-state index in [2.05, 4.69) is 15.2 Å². The second-order valence-electron chi connectivity index (χ2n) is 7.44. The number of carbonyl (C=O) groups is 1. The van der Waals surface area contributed by atoms with Crippen molar-refractivity contribution in [1.82, 2.24) is 14.1 Å². The molecule has 1 saturated heterocycles. The van der Waals surface area contributed by atoms with E-state index in [-0.39, 0.29) is 18.0 Å². The summed E-state index contributed by atoms with van der Waals surface area (Å²) in [6, 6.07) is 9.08. The molecule has 1 aliphatic rings. The molecule has 0 radical (unpaired) electrons. The number of hydrogen-bond donors (Lipinski definition) is 1. The molecule has 1 N–H and O–H groups in total. The number of fused-ring (bicyclic) bond motifs is 1. The van der Waals surface area contributed by atoms with Crippen LogP contribution in [0, 0.1) is 0 Å². The van der Waals surface area contributed by atoms with Gasteiger partial charge in [-0.15, -0.1) is 0 Å². The summed E-state index contributed by atoms with van der Waals surface area (Å²) < 4.78 is 2.97. The van der Waals surface area contributed by atoms with Crippen molar-refractivity contribution in [3.8, 4) is 0 Å². The smallest absolute Gasteiger partial charge is 0.333 e. The summed E-state index contributed by atoms with van der Waals surface area (Å²) in [5.41, 5.74) is 0.137. The molecule has 0 atom stereocenters. The number of anilines is 2. The summed E-state index contributed by atoms with van der Waals surface area (Å²) in [6.07, 6.45) is 4.01. The molecular weight excluding hydrogens is 402 g/mol. The molecule has 0 unspecified atom stereocenters. The van der Waals surface area contributed by atoms with Gasteiger partial charge in [0.1, 0.15) is 11.2 Å². The number of aromatic nitrogens is 3. The highest BCUT2D eigenvalue weighted by atomic mass is 32.1. The molecule has 0 aliphatic carbocycles. The summed E-state index contributed by atoms with van der Waals surface area (Å²) in [5, 5.41) is 3.54. The van der Waals surface area contributed by atoms with Crippen LogP contribution in [0.5, 0.6) is 0 Å². The number of carbonyl (C=O) groups excluding carboxylic acids is 1. The molecule has 1 amide bonds. The first-order valence-electron chi connectivity index (χ1n) is 10.3. The molecule has 30 heavy (non-hydrogen) atoms. The molecule has 0 bridgehead atoms. The van der Waals surface area contributed by atoms with Gasteiger partial charge < -0.3 is 10.2 Å². The van der Waals surface area contributed by atoms with Gasteiger partial charge >= 0.3 is 5.69 Å². The van der Waals surface area contributed by atoms with Crippen LogP contribution in [0.2, 0.25) is 0 Å². The maximum Gasteiger partial charge on any atom is 0.333 e. The van der Waals surface area contributed by atoms with Crippen molar-refractivity contribution in [3.05, 3.63) is 51.2 Å². The fraction of sp³-hybridized carbons (Fsp3) is 0.429. The standard InChI is InChI=1S/C21H25N5O3S/c1-2-11-25-19(28)17-18(23-20(30-17)24-12-7-4-8-13-24)26(21(25)29)14-16(27)22-15-9-5-3-6-10-15/h3,5-6,9-10H,2,4,7-8,11-14H2,1H3,(H,22,27). The first-order chi connectivity index (χ1) is 14.6. The van der Waals surface area contributed by atoms with E-state index in [0.29, 0.717) is 29.0 Å². The van der Waals surface area contributed by atoms with E-state index in [9.17, 15) is 14.4 Å². The van der Waals surface area contributed by atoms with E-state index in [1.807, 2.05) is 25.1 Å². The van der Waals surface area contributed by atoms with Crippen LogP contribution in [0.4, 0.5) is 10.8 Å². The lowest BCUT2D eigenvalue weighted by Crippen LogP contribution is -2.41. The van der Waals surface area contributed by atoms with Crippen molar-refractivity contribution in [2.75, 3.05) is 23.3 Å². The fourth-order valence-corrected chi connectivity index (χ4v) is 4.79. The molecule has 1 aliphatic heterocycles. The van der Waals surface area contributed by atoms with E-state index < -0.39 is 5.69 Å². The van der Waals surface area contributed by atoms with Gasteiger partial charge in [0, 0.05) is 25.3 Å². The molecule has 4 rings (SSSR count). The molecule has 1 fully saturated rings. The molecule has 3 aromatic rings. The van der Waals surface area contributed by atoms with Gasteiger partial charge in [-0.2, -0.15) is 0 Å². The SMILES string of the molecule is CCCn1c(=O)c2sc(N3CCCCC3)nc2n(CC(=O)Nc2ccccc2)c1=O. The monoisotopic (exact) mass is 427 g/mol. The number of hydrogen-bond acceptors (Lipinski definition) is 6. The van der Waals surface area contributed by atoms with Crippen LogP contribution >= 0.6 is 11.3 Å². The van der Waals surface area contributed by atoms with E-state index >= 15 is 0 Å². The molecule has 9 heteroatoms. The van der Waals surface area contributed by atoms with Crippen molar-refractivity contribution >= 4 is 38.4 Å². The Morgan fingerprint density at radius 3 is 2.53 bits per heavy atom. The van der Waals surface area contributed by atoms with Crippen molar-refractivity contribution in [3.63, 3.8) is 0 Å². The largest absolute Gasteiger partial charge is 0.348 e. The molecule has 8 nitrogen and oxygen atoms in total. The second kappa shape index (κ2) is 8.83. The lowest BCUT2D eigenvalue weighted by Gasteiger charge is -2.25. The van der Waals surface area contributed by atoms with E-state index in [1.165, 1.54) is 26.9 Å². The first kappa shape index (κ1) is 20.3. The fourth-order valence-electron chi connectivity index (χ4n) is 3.72. The van der Waals surface area contributed by atoms with Crippen LogP contribution in [0.15, 0.2) is 39.9 Å². The minimum Gasteiger partial charge on any atom is -0.348 e. The van der Waals surface area contributed by atoms with Crippen LogP contribution in [-0.4, -0.2) is 33.1 Å². The van der Waals surface area contributed by atoms with Crippen LogP contribution in [0.1, 0.15) is 32.6 Å². The zero-order valence-corrected chi connectivity index (χ0v) is 17.8. The van der Waals surface area contributed by atoms with E-state index in [4.69, 9.17) is 0 Å². The van der Waals surface area contributed by atoms with Gasteiger partial charge in [-0.1, -0.05) is 36.5 Å². The Balaban J connectivity index is 1.75. The number of nitrogens with zero attached hydrogens (tertiary/aromatic N) is 4. The zero-order chi connectivity index (χ0) is 21.1. The third-order valence-corrected chi connectivity index (χ3v) is 6.28. The number of nitrogens with one attached hydrogen (secondary N) is 1. The van der Waals surface area contributed by atoms with Crippen molar-refractivity contribution in [1.29, 1.82) is 0 Å². The number of benzene rings is 1. The van der Waals surface area contributed by atoms with Gasteiger partial charge in [0.2, 0.25) is 5.91 Å². The molecule has 2 aromatic heterocycles. The Bertz CT molecular complexity index is 1160. The van der Waals surface area contributed by atoms with Crippen LogP contribution in [-0.2, 0) is 17.9 Å². The van der Waals surface area contributed by atoms with Gasteiger partial charge in [0.25, 0.3) is 5.56 Å². The van der Waals surface area contributed by atoms with Crippen LogP contribution in [0.25, 0.3) is 10.3 Å². The lowest BCUT2D eigenvalue weighted by atomic mass is 10.1. The van der Waals surface area contributed by atoms with Gasteiger partial charge in [-0.05, 0) is 37.8 Å². The van der Waals surface area contributed by atoms with Crippen molar-refractivity contribution in [2.24, 2.45) is 0 Å². The lowest BCUT2D eigenvalue weighted by molar-refractivity contribution is -0.116. The predicted molar refractivity (Wildman–Crippen MR) is 120 cm³/mol. The zero-order valence-electron chi connectivity index (χ0n) is 17.0. The maximum atomic E-state index is 13.1. The molecule has 0 saturated carbocycles. The number of piperidine rings is 1. The van der Waals surface area contributed by atoms with Gasteiger partial charge in [-0.3, -0.25) is 18.7 Å². The van der Waals surface area contributed by atoms with Gasteiger partial charge in [-0.25, -0.2) is 9.78 Å².